The minimum absolute atomic E-state index is 0.00859. The molecule has 18 heteroatoms. The number of ether oxygens (including phenoxy) is 2. The van der Waals surface area contributed by atoms with Crippen LogP contribution >= 0.6 is 0 Å². The topological polar surface area (TPSA) is 158 Å². The largest absolute Gasteiger partial charge is 0.497 e. The van der Waals surface area contributed by atoms with Gasteiger partial charge < -0.3 is 9.47 Å². The van der Waals surface area contributed by atoms with Crippen LogP contribution in [0.2, 0.25) is 0 Å². The van der Waals surface area contributed by atoms with Gasteiger partial charge in [-0.3, -0.25) is 19.2 Å². The van der Waals surface area contributed by atoms with Gasteiger partial charge in [0.1, 0.15) is 24.8 Å². The molecule has 14 nitrogen and oxygen atoms in total. The lowest BCUT2D eigenvalue weighted by Gasteiger charge is -2.22. The number of sulfonamides is 2. The van der Waals surface area contributed by atoms with Crippen LogP contribution in [-0.4, -0.2) is 105 Å². The van der Waals surface area contributed by atoms with Crippen molar-refractivity contribution >= 4 is 20.0 Å². The monoisotopic (exact) mass is 796 g/mol. The molecule has 0 aliphatic carbocycles. The van der Waals surface area contributed by atoms with Crippen LogP contribution in [0.5, 0.6) is 11.5 Å². The van der Waals surface area contributed by atoms with Gasteiger partial charge in [0.05, 0.1) is 25.6 Å². The van der Waals surface area contributed by atoms with Gasteiger partial charge in [0.25, 0.3) is 20.0 Å². The van der Waals surface area contributed by atoms with E-state index in [0.29, 0.717) is 36.0 Å². The number of hydrogen-bond donors (Lipinski definition) is 1. The van der Waals surface area contributed by atoms with Gasteiger partial charge in [0.15, 0.2) is 10.1 Å². The quantitative estimate of drug-likeness (QED) is 0.140. The minimum atomic E-state index is -3.97. The Bertz CT molecular complexity index is 1920. The van der Waals surface area contributed by atoms with E-state index >= 15 is 0 Å². The van der Waals surface area contributed by atoms with Crippen LogP contribution < -0.4 is 14.6 Å². The first-order chi connectivity index (χ1) is 25.4. The number of aromatic nitrogens is 4. The number of nitrogens with two attached hydrogens (primary N) is 1. The zero-order valence-corrected chi connectivity index (χ0v) is 33.9. The summed E-state index contributed by atoms with van der Waals surface area (Å²) in [4.78, 5) is 3.56. The number of hydrogen-bond acceptors (Lipinski definition) is 10. The fourth-order valence-electron chi connectivity index (χ4n) is 5.44. The molecule has 2 aromatic carbocycles. The molecule has 0 fully saturated rings. The molecule has 0 spiro atoms. The van der Waals surface area contributed by atoms with Gasteiger partial charge in [-0.15, -0.1) is 0 Å². The fourth-order valence-corrected chi connectivity index (χ4v) is 7.32. The highest BCUT2D eigenvalue weighted by molar-refractivity contribution is 7.89. The molecule has 54 heavy (non-hydrogen) atoms. The molecule has 4 aromatic rings. The Hall–Kier alpha value is -3.94. The van der Waals surface area contributed by atoms with E-state index < -0.39 is 33.4 Å². The molecule has 0 unspecified atom stereocenters. The highest BCUT2D eigenvalue weighted by Crippen LogP contribution is 2.25. The standard InChI is InChI=1S/C26H35FN4O4S.C10H19FN4O2S/c1-20(2)31-23(19-29(3)15-14-27)16-26(28-31)36(32,33)30(17-21-6-10-24(34-4)11-7-21)18-22-8-12-25(35-5)13-9-22;1-8(2)15-9(7-14(3)5-4-11)6-10(13-15)18(12,16)17/h6-13,16,20H,14-15,17-19H2,1-5H3;6,8H,4-5,7H2,1-3H3,(H2,12,16,17). The molecule has 0 amide bonds. The van der Waals surface area contributed by atoms with E-state index in [1.165, 1.54) is 10.4 Å². The number of methoxy groups -OCH3 is 2. The smallest absolute Gasteiger partial charge is 0.263 e. The Balaban J connectivity index is 0.000000366. The number of halogens is 2. The number of primary sulfonamides is 1. The molecular formula is C36H54F2N8O6S2. The highest BCUT2D eigenvalue weighted by Gasteiger charge is 2.30. The molecule has 300 valence electrons. The lowest BCUT2D eigenvalue weighted by Crippen LogP contribution is -2.30. The third-order valence-corrected chi connectivity index (χ3v) is 10.7. The summed E-state index contributed by atoms with van der Waals surface area (Å²) in [6.07, 6.45) is 0. The molecular weight excluding hydrogens is 743 g/mol. The normalized spacial score (nSPS) is 12.2. The maximum absolute atomic E-state index is 13.9. The van der Waals surface area contributed by atoms with Crippen molar-refractivity contribution in [3.05, 3.63) is 83.2 Å². The van der Waals surface area contributed by atoms with Crippen molar-refractivity contribution in [1.82, 2.24) is 33.7 Å². The molecule has 0 saturated heterocycles. The molecule has 0 bridgehead atoms. The molecule has 0 aliphatic heterocycles. The molecule has 2 heterocycles. The second-order valence-corrected chi connectivity index (χ2v) is 16.8. The van der Waals surface area contributed by atoms with Crippen molar-refractivity contribution in [2.24, 2.45) is 5.14 Å². The van der Waals surface area contributed by atoms with E-state index in [-0.39, 0.29) is 48.3 Å². The van der Waals surface area contributed by atoms with Crippen LogP contribution in [0.1, 0.15) is 62.3 Å². The fraction of sp³-hybridized carbons (Fsp3) is 0.500. The zero-order chi connectivity index (χ0) is 40.2. The van der Waals surface area contributed by atoms with Gasteiger partial charge >= 0.3 is 0 Å². The predicted octanol–water partition coefficient (Wildman–Crippen LogP) is 4.79. The zero-order valence-electron chi connectivity index (χ0n) is 32.3. The number of benzene rings is 2. The van der Waals surface area contributed by atoms with Gasteiger partial charge in [-0.1, -0.05) is 24.3 Å². The van der Waals surface area contributed by atoms with Gasteiger partial charge in [-0.25, -0.2) is 30.8 Å². The first-order valence-electron chi connectivity index (χ1n) is 17.4. The van der Waals surface area contributed by atoms with Crippen LogP contribution in [0.4, 0.5) is 8.78 Å². The van der Waals surface area contributed by atoms with Crippen LogP contribution in [0, 0.1) is 0 Å². The van der Waals surface area contributed by atoms with E-state index in [0.717, 1.165) is 11.1 Å². The van der Waals surface area contributed by atoms with Gasteiger partial charge in [-0.05, 0) is 77.2 Å². The van der Waals surface area contributed by atoms with E-state index in [1.54, 1.807) is 77.8 Å². The average Bonchev–Trinajstić information content (AvgIpc) is 3.75. The summed E-state index contributed by atoms with van der Waals surface area (Å²) < 4.78 is 90.6. The Labute approximate surface area is 318 Å². The number of nitrogens with zero attached hydrogens (tertiary/aromatic N) is 7. The van der Waals surface area contributed by atoms with Crippen LogP contribution in [0.15, 0.2) is 70.7 Å². The maximum Gasteiger partial charge on any atom is 0.263 e. The third-order valence-electron chi connectivity index (χ3n) is 8.29. The molecule has 0 saturated carbocycles. The van der Waals surface area contributed by atoms with Crippen molar-refractivity contribution in [1.29, 1.82) is 0 Å². The first-order valence-corrected chi connectivity index (χ1v) is 20.4. The lowest BCUT2D eigenvalue weighted by molar-refractivity contribution is 0.278. The summed E-state index contributed by atoms with van der Waals surface area (Å²) in [6.45, 7) is 8.39. The van der Waals surface area contributed by atoms with Crippen LogP contribution in [0.3, 0.4) is 0 Å². The van der Waals surface area contributed by atoms with Crippen LogP contribution in [0.25, 0.3) is 0 Å². The first kappa shape index (κ1) is 44.5. The van der Waals surface area contributed by atoms with E-state index in [9.17, 15) is 25.6 Å². The van der Waals surface area contributed by atoms with Crippen molar-refractivity contribution in [2.45, 2.75) is 76.0 Å². The van der Waals surface area contributed by atoms with Crippen molar-refractivity contribution in [3.8, 4) is 11.5 Å². The van der Waals surface area contributed by atoms with Crippen LogP contribution in [-0.2, 0) is 46.2 Å². The maximum atomic E-state index is 13.9. The Morgan fingerprint density at radius 2 is 1.04 bits per heavy atom. The molecule has 0 aliphatic rings. The second-order valence-electron chi connectivity index (χ2n) is 13.4. The Kier molecular flexibility index (Phi) is 16.6. The van der Waals surface area contributed by atoms with E-state index in [4.69, 9.17) is 14.6 Å². The summed E-state index contributed by atoms with van der Waals surface area (Å²) in [6, 6.07) is 17.6. The third kappa shape index (κ3) is 12.6. The van der Waals surface area contributed by atoms with Crippen molar-refractivity contribution in [2.75, 3.05) is 54.8 Å². The molecule has 0 radical (unpaired) electrons. The molecule has 2 aromatic heterocycles. The summed E-state index contributed by atoms with van der Waals surface area (Å²) in [7, 11) is -1.05. The summed E-state index contributed by atoms with van der Waals surface area (Å²) in [5, 5.41) is 13.3. The van der Waals surface area contributed by atoms with Crippen molar-refractivity contribution < 1.29 is 35.1 Å². The predicted molar refractivity (Wildman–Crippen MR) is 204 cm³/mol. The SMILES string of the molecule is CC(C)n1nc(S(N)(=O)=O)cc1CN(C)CCF.COc1ccc(CN(Cc2ccc(OC)cc2)S(=O)(=O)c2cc(CN(C)CCF)n(C(C)C)n2)cc1. The van der Waals surface area contributed by atoms with E-state index in [1.807, 2.05) is 52.0 Å². The molecule has 4 rings (SSSR count). The number of alkyl halides is 2. The van der Waals surface area contributed by atoms with Crippen molar-refractivity contribution in [3.63, 3.8) is 0 Å². The number of rotatable bonds is 19. The second kappa shape index (κ2) is 20.1. The molecule has 2 N–H and O–H groups in total. The Morgan fingerprint density at radius 3 is 1.37 bits per heavy atom. The summed E-state index contributed by atoms with van der Waals surface area (Å²) in [5.74, 6) is 1.39. The van der Waals surface area contributed by atoms with Gasteiger partial charge in [-0.2, -0.15) is 14.5 Å². The van der Waals surface area contributed by atoms with Gasteiger partial charge in [0, 0.05) is 63.5 Å². The minimum Gasteiger partial charge on any atom is -0.497 e. The Morgan fingerprint density at radius 1 is 0.667 bits per heavy atom. The summed E-state index contributed by atoms with van der Waals surface area (Å²) >= 11 is 0. The van der Waals surface area contributed by atoms with E-state index in [2.05, 4.69) is 10.2 Å². The van der Waals surface area contributed by atoms with Gasteiger partial charge in [0.2, 0.25) is 0 Å². The lowest BCUT2D eigenvalue weighted by atomic mass is 10.2. The highest BCUT2D eigenvalue weighted by atomic mass is 32.2. The average molecular weight is 797 g/mol. The molecule has 0 atom stereocenters. The summed E-state index contributed by atoms with van der Waals surface area (Å²) in [5.41, 5.74) is 3.05.